The van der Waals surface area contributed by atoms with Crippen LogP contribution >= 0.6 is 23.4 Å². The third-order valence-corrected chi connectivity index (χ3v) is 6.66. The van der Waals surface area contributed by atoms with Crippen LogP contribution in [-0.2, 0) is 0 Å². The Morgan fingerprint density at radius 1 is 0.719 bits per heavy atom. The number of nitrogens with one attached hydrogen (secondary N) is 1. The number of amides is 2. The van der Waals surface area contributed by atoms with Crippen LogP contribution in [0.3, 0.4) is 0 Å². The average Bonchev–Trinajstić information content (AvgIpc) is 3.09. The molecule has 0 aromatic heterocycles. The number of halogens is 1. The van der Waals surface area contributed by atoms with Crippen molar-refractivity contribution in [1.29, 1.82) is 0 Å². The molecule has 156 valence electrons. The van der Waals surface area contributed by atoms with Gasteiger partial charge in [-0.25, -0.2) is 4.90 Å². The van der Waals surface area contributed by atoms with Gasteiger partial charge in [0.2, 0.25) is 0 Å². The molecule has 1 heterocycles. The Morgan fingerprint density at radius 2 is 1.28 bits per heavy atom. The third-order valence-electron chi connectivity index (χ3n) is 5.10. The fraction of sp³-hybridized carbons (Fsp3) is 0. The highest BCUT2D eigenvalue weighted by Gasteiger charge is 2.41. The van der Waals surface area contributed by atoms with E-state index >= 15 is 0 Å². The quantitative estimate of drug-likeness (QED) is 0.327. The van der Waals surface area contributed by atoms with Gasteiger partial charge >= 0.3 is 0 Å². The average molecular weight is 457 g/mol. The van der Waals surface area contributed by atoms with Gasteiger partial charge in [0.05, 0.1) is 27.5 Å². The molecule has 1 aliphatic heterocycles. The largest absolute Gasteiger partial charge is 0.355 e. The fourth-order valence-corrected chi connectivity index (χ4v) is 4.91. The van der Waals surface area contributed by atoms with Crippen LogP contribution in [0.5, 0.6) is 0 Å². The Balaban J connectivity index is 1.66. The molecule has 0 bridgehead atoms. The number of para-hydroxylation sites is 2. The van der Waals surface area contributed by atoms with E-state index in [1.165, 1.54) is 16.7 Å². The number of carbonyl (C=O) groups excluding carboxylic acids is 2. The van der Waals surface area contributed by atoms with Gasteiger partial charge in [0.1, 0.15) is 0 Å². The molecule has 0 atom stereocenters. The van der Waals surface area contributed by atoms with Crippen molar-refractivity contribution in [3.8, 4) is 0 Å². The predicted molar refractivity (Wildman–Crippen MR) is 129 cm³/mol. The molecule has 2 amide bonds. The lowest BCUT2D eigenvalue weighted by Crippen LogP contribution is -2.29. The first kappa shape index (κ1) is 20.4. The van der Waals surface area contributed by atoms with Crippen molar-refractivity contribution < 1.29 is 9.59 Å². The van der Waals surface area contributed by atoms with Crippen LogP contribution in [0.1, 0.15) is 20.7 Å². The van der Waals surface area contributed by atoms with E-state index in [1.54, 1.807) is 24.3 Å². The number of imide groups is 1. The first-order chi connectivity index (χ1) is 15.6. The van der Waals surface area contributed by atoms with Gasteiger partial charge in [-0.15, -0.1) is 0 Å². The second kappa shape index (κ2) is 8.54. The zero-order valence-electron chi connectivity index (χ0n) is 16.8. The minimum Gasteiger partial charge on any atom is -0.355 e. The molecule has 0 saturated carbocycles. The number of nitrogens with zero attached hydrogens (tertiary/aromatic N) is 1. The van der Waals surface area contributed by atoms with E-state index in [0.717, 1.165) is 10.6 Å². The lowest BCUT2D eigenvalue weighted by Gasteiger charge is -2.14. The maximum atomic E-state index is 13.4. The van der Waals surface area contributed by atoms with E-state index in [0.29, 0.717) is 16.3 Å². The first-order valence-corrected chi connectivity index (χ1v) is 11.2. The van der Waals surface area contributed by atoms with Crippen LogP contribution < -0.4 is 10.2 Å². The summed E-state index contributed by atoms with van der Waals surface area (Å²) in [6, 6.07) is 30.0. The molecule has 0 spiro atoms. The zero-order valence-corrected chi connectivity index (χ0v) is 18.4. The van der Waals surface area contributed by atoms with Crippen LogP contribution in [0.4, 0.5) is 17.1 Å². The molecule has 4 aromatic carbocycles. The maximum absolute atomic E-state index is 13.4. The molecule has 1 N–H and O–H groups in total. The van der Waals surface area contributed by atoms with E-state index in [2.05, 4.69) is 5.32 Å². The molecule has 0 fully saturated rings. The lowest BCUT2D eigenvalue weighted by atomic mass is 10.1. The van der Waals surface area contributed by atoms with Crippen molar-refractivity contribution >= 4 is 52.2 Å². The van der Waals surface area contributed by atoms with Crippen molar-refractivity contribution in [3.05, 3.63) is 113 Å². The van der Waals surface area contributed by atoms with Crippen molar-refractivity contribution in [2.24, 2.45) is 0 Å². The van der Waals surface area contributed by atoms with E-state index in [1.807, 2.05) is 72.8 Å². The zero-order chi connectivity index (χ0) is 22.1. The van der Waals surface area contributed by atoms with Gasteiger partial charge in [-0.2, -0.15) is 0 Å². The van der Waals surface area contributed by atoms with Gasteiger partial charge in [0.15, 0.2) is 0 Å². The molecule has 6 heteroatoms. The summed E-state index contributed by atoms with van der Waals surface area (Å²) in [7, 11) is 0. The molecule has 0 aliphatic carbocycles. The van der Waals surface area contributed by atoms with Crippen molar-refractivity contribution in [2.75, 3.05) is 10.2 Å². The summed E-state index contributed by atoms with van der Waals surface area (Å²) in [6.45, 7) is 0. The molecule has 32 heavy (non-hydrogen) atoms. The minimum absolute atomic E-state index is 0.222. The van der Waals surface area contributed by atoms with E-state index in [4.69, 9.17) is 11.6 Å². The Hall–Kier alpha value is -3.54. The van der Waals surface area contributed by atoms with Gasteiger partial charge in [-0.1, -0.05) is 78.0 Å². The Kier molecular flexibility index (Phi) is 5.43. The van der Waals surface area contributed by atoms with Crippen molar-refractivity contribution in [1.82, 2.24) is 0 Å². The molecule has 4 nitrogen and oxygen atoms in total. The Labute approximate surface area is 194 Å². The van der Waals surface area contributed by atoms with Gasteiger partial charge in [-0.05, 0) is 42.5 Å². The molecule has 5 rings (SSSR count). The molecular weight excluding hydrogens is 440 g/mol. The SMILES string of the molecule is O=C1c2c(Nc3ccccc3)cc(Sc3ccccc3)c(Cl)c2C(=O)N1c1ccccc1. The van der Waals surface area contributed by atoms with E-state index < -0.39 is 11.8 Å². The molecule has 0 unspecified atom stereocenters. The summed E-state index contributed by atoms with van der Waals surface area (Å²) in [5.74, 6) is -0.819. The molecule has 0 radical (unpaired) electrons. The molecular formula is C26H17ClN2O2S. The van der Waals surface area contributed by atoms with Crippen LogP contribution in [-0.4, -0.2) is 11.8 Å². The predicted octanol–water partition coefficient (Wildman–Crippen LogP) is 7.04. The number of benzene rings is 4. The Bertz CT molecular complexity index is 1310. The third kappa shape index (κ3) is 3.66. The maximum Gasteiger partial charge on any atom is 0.268 e. The number of carbonyl (C=O) groups is 2. The summed E-state index contributed by atoms with van der Waals surface area (Å²) >= 11 is 8.19. The summed E-state index contributed by atoms with van der Waals surface area (Å²) in [4.78, 5) is 29.7. The molecule has 0 saturated heterocycles. The highest BCUT2D eigenvalue weighted by molar-refractivity contribution is 7.99. The Morgan fingerprint density at radius 3 is 1.94 bits per heavy atom. The minimum atomic E-state index is -0.423. The highest BCUT2D eigenvalue weighted by atomic mass is 35.5. The second-order valence-electron chi connectivity index (χ2n) is 7.17. The van der Waals surface area contributed by atoms with E-state index in [9.17, 15) is 9.59 Å². The molecule has 1 aliphatic rings. The monoisotopic (exact) mass is 456 g/mol. The van der Waals surface area contributed by atoms with Crippen LogP contribution in [0.25, 0.3) is 0 Å². The molecule has 4 aromatic rings. The smallest absolute Gasteiger partial charge is 0.268 e. The fourth-order valence-electron chi connectivity index (χ4n) is 3.65. The van der Waals surface area contributed by atoms with Gasteiger partial charge in [0.25, 0.3) is 11.8 Å². The summed E-state index contributed by atoms with van der Waals surface area (Å²) in [5, 5.41) is 3.59. The highest BCUT2D eigenvalue weighted by Crippen LogP contribution is 2.44. The number of anilines is 3. The second-order valence-corrected chi connectivity index (χ2v) is 8.67. The first-order valence-electron chi connectivity index (χ1n) is 9.99. The number of hydrogen-bond donors (Lipinski definition) is 1. The summed E-state index contributed by atoms with van der Waals surface area (Å²) in [5.41, 5.74) is 2.37. The lowest BCUT2D eigenvalue weighted by molar-refractivity contribution is 0.0926. The summed E-state index contributed by atoms with van der Waals surface area (Å²) < 4.78 is 0. The van der Waals surface area contributed by atoms with Crippen LogP contribution in [0.2, 0.25) is 5.02 Å². The summed E-state index contributed by atoms with van der Waals surface area (Å²) in [6.07, 6.45) is 0. The number of hydrogen-bond acceptors (Lipinski definition) is 4. The van der Waals surface area contributed by atoms with Crippen molar-refractivity contribution in [2.45, 2.75) is 9.79 Å². The van der Waals surface area contributed by atoms with Gasteiger partial charge in [-0.3, -0.25) is 9.59 Å². The van der Waals surface area contributed by atoms with Crippen LogP contribution in [0.15, 0.2) is 107 Å². The van der Waals surface area contributed by atoms with Gasteiger partial charge < -0.3 is 5.32 Å². The number of fused-ring (bicyclic) bond motifs is 1. The standard InChI is InChI=1S/C26H17ClN2O2S/c27-24-21(32-19-14-8-3-9-15-19)16-20(28-17-10-4-1-5-11-17)22-23(24)26(31)29(25(22)30)18-12-6-2-7-13-18/h1-16,28H. The van der Waals surface area contributed by atoms with Gasteiger partial charge in [0, 0.05) is 15.5 Å². The topological polar surface area (TPSA) is 49.4 Å². The normalized spacial score (nSPS) is 12.7. The van der Waals surface area contributed by atoms with Crippen molar-refractivity contribution in [3.63, 3.8) is 0 Å². The number of rotatable bonds is 5. The van der Waals surface area contributed by atoms with Crippen LogP contribution in [0, 0.1) is 0 Å². The van der Waals surface area contributed by atoms with E-state index in [-0.39, 0.29) is 16.1 Å².